The van der Waals surface area contributed by atoms with Gasteiger partial charge in [0, 0.05) is 6.92 Å². The highest BCUT2D eigenvalue weighted by atomic mass is 16.5. The molecule has 2 aliphatic rings. The molecule has 0 bridgehead atoms. The van der Waals surface area contributed by atoms with Crippen molar-refractivity contribution in [2.24, 2.45) is 17.3 Å². The molecular weight excluding hydrogens is 152 g/mol. The van der Waals surface area contributed by atoms with Gasteiger partial charge in [-0.3, -0.25) is 4.79 Å². The summed E-state index contributed by atoms with van der Waals surface area (Å²) in [5.74, 6) is 1.52. The van der Waals surface area contributed by atoms with E-state index in [0.29, 0.717) is 5.41 Å². The van der Waals surface area contributed by atoms with Crippen LogP contribution in [0.4, 0.5) is 0 Å². The third-order valence-corrected chi connectivity index (χ3v) is 3.65. The van der Waals surface area contributed by atoms with E-state index in [-0.39, 0.29) is 12.1 Å². The maximum atomic E-state index is 10.7. The van der Waals surface area contributed by atoms with Gasteiger partial charge in [-0.1, -0.05) is 13.8 Å². The summed E-state index contributed by atoms with van der Waals surface area (Å²) in [4.78, 5) is 10.7. The molecule has 0 aromatic rings. The van der Waals surface area contributed by atoms with Gasteiger partial charge in [0.1, 0.15) is 6.10 Å². The van der Waals surface area contributed by atoms with E-state index < -0.39 is 0 Å². The minimum Gasteiger partial charge on any atom is -0.463 e. The van der Waals surface area contributed by atoms with Crippen molar-refractivity contribution in [3.63, 3.8) is 0 Å². The van der Waals surface area contributed by atoms with Gasteiger partial charge in [0.05, 0.1) is 0 Å². The minimum atomic E-state index is -0.126. The number of hydrogen-bond acceptors (Lipinski definition) is 2. The second-order valence-electron chi connectivity index (χ2n) is 4.74. The molecule has 68 valence electrons. The standard InChI is InChI=1S/C10H16O2/c1-6(11)12-7-4-8-9(5-7)10(8,2)3/h7-9H,4-5H2,1-3H3/t7-,8+,9-. The van der Waals surface area contributed by atoms with E-state index in [4.69, 9.17) is 4.74 Å². The van der Waals surface area contributed by atoms with Crippen LogP contribution in [0.25, 0.3) is 0 Å². The van der Waals surface area contributed by atoms with Crippen LogP contribution in [0, 0.1) is 17.3 Å². The third-order valence-electron chi connectivity index (χ3n) is 3.65. The molecule has 2 rings (SSSR count). The molecule has 2 aliphatic carbocycles. The quantitative estimate of drug-likeness (QED) is 0.560. The second-order valence-corrected chi connectivity index (χ2v) is 4.74. The van der Waals surface area contributed by atoms with Crippen molar-refractivity contribution in [3.05, 3.63) is 0 Å². The molecule has 0 heterocycles. The van der Waals surface area contributed by atoms with Crippen molar-refractivity contribution >= 4 is 5.97 Å². The van der Waals surface area contributed by atoms with Crippen LogP contribution in [-0.4, -0.2) is 12.1 Å². The molecule has 0 saturated heterocycles. The Morgan fingerprint density at radius 3 is 2.25 bits per heavy atom. The molecular formula is C10H16O2. The highest BCUT2D eigenvalue weighted by Gasteiger charge is 2.62. The third kappa shape index (κ3) is 1.05. The van der Waals surface area contributed by atoms with Gasteiger partial charge in [0.25, 0.3) is 0 Å². The Kier molecular flexibility index (Phi) is 1.51. The van der Waals surface area contributed by atoms with E-state index in [1.807, 2.05) is 0 Å². The molecule has 2 nitrogen and oxygen atoms in total. The molecule has 2 heteroatoms. The highest BCUT2D eigenvalue weighted by Crippen LogP contribution is 2.67. The van der Waals surface area contributed by atoms with Gasteiger partial charge in [0.15, 0.2) is 0 Å². The van der Waals surface area contributed by atoms with Gasteiger partial charge in [-0.2, -0.15) is 0 Å². The van der Waals surface area contributed by atoms with Crippen LogP contribution in [0.15, 0.2) is 0 Å². The van der Waals surface area contributed by atoms with Crippen LogP contribution in [0.2, 0.25) is 0 Å². The van der Waals surface area contributed by atoms with E-state index >= 15 is 0 Å². The zero-order valence-electron chi connectivity index (χ0n) is 7.96. The lowest BCUT2D eigenvalue weighted by atomic mass is 9.99. The summed E-state index contributed by atoms with van der Waals surface area (Å²) in [6.45, 7) is 6.12. The number of esters is 1. The van der Waals surface area contributed by atoms with Gasteiger partial charge < -0.3 is 4.74 Å². The summed E-state index contributed by atoms with van der Waals surface area (Å²) in [6.07, 6.45) is 2.42. The van der Waals surface area contributed by atoms with Crippen molar-refractivity contribution in [1.29, 1.82) is 0 Å². The lowest BCUT2D eigenvalue weighted by molar-refractivity contribution is -0.146. The van der Waals surface area contributed by atoms with Crippen LogP contribution >= 0.6 is 0 Å². The fourth-order valence-electron chi connectivity index (χ4n) is 2.79. The van der Waals surface area contributed by atoms with E-state index in [2.05, 4.69) is 13.8 Å². The lowest BCUT2D eigenvalue weighted by Gasteiger charge is -2.16. The lowest BCUT2D eigenvalue weighted by Crippen LogP contribution is -2.17. The molecule has 0 amide bonds. The monoisotopic (exact) mass is 168 g/mol. The molecule has 0 aliphatic heterocycles. The Hall–Kier alpha value is -0.530. The zero-order valence-corrected chi connectivity index (χ0v) is 7.96. The summed E-state index contributed by atoms with van der Waals surface area (Å²) >= 11 is 0. The van der Waals surface area contributed by atoms with Gasteiger partial charge in [0.2, 0.25) is 0 Å². The number of carbonyl (C=O) groups excluding carboxylic acids is 1. The summed E-state index contributed by atoms with van der Waals surface area (Å²) < 4.78 is 5.17. The van der Waals surface area contributed by atoms with Crippen LogP contribution in [0.5, 0.6) is 0 Å². The van der Waals surface area contributed by atoms with Gasteiger partial charge in [-0.25, -0.2) is 0 Å². The normalized spacial score (nSPS) is 42.1. The van der Waals surface area contributed by atoms with E-state index in [1.54, 1.807) is 0 Å². The van der Waals surface area contributed by atoms with Gasteiger partial charge >= 0.3 is 5.97 Å². The SMILES string of the molecule is CC(=O)O[C@H]1C[C@@H]2[C@H](C1)C2(C)C. The molecule has 0 unspecified atom stereocenters. The predicted molar refractivity (Wildman–Crippen MR) is 45.5 cm³/mol. The molecule has 0 aromatic carbocycles. The Labute approximate surface area is 73.3 Å². The molecule has 0 N–H and O–H groups in total. The van der Waals surface area contributed by atoms with E-state index in [9.17, 15) is 4.79 Å². The van der Waals surface area contributed by atoms with Crippen LogP contribution in [0.1, 0.15) is 33.6 Å². The van der Waals surface area contributed by atoms with E-state index in [1.165, 1.54) is 6.92 Å². The zero-order chi connectivity index (χ0) is 8.93. The Balaban J connectivity index is 1.86. The summed E-state index contributed by atoms with van der Waals surface area (Å²) in [6, 6.07) is 0. The predicted octanol–water partition coefficient (Wildman–Crippen LogP) is 1.98. The number of hydrogen-bond donors (Lipinski definition) is 0. The average Bonchev–Trinajstić information content (AvgIpc) is 2.38. The number of ether oxygens (including phenoxy) is 1. The van der Waals surface area contributed by atoms with Gasteiger partial charge in [-0.05, 0) is 30.1 Å². The number of carbonyl (C=O) groups is 1. The summed E-state index contributed by atoms with van der Waals surface area (Å²) in [5, 5.41) is 0. The topological polar surface area (TPSA) is 26.3 Å². The van der Waals surface area contributed by atoms with Crippen molar-refractivity contribution in [1.82, 2.24) is 0 Å². The second kappa shape index (κ2) is 2.24. The largest absolute Gasteiger partial charge is 0.463 e. The molecule has 2 fully saturated rings. The molecule has 2 saturated carbocycles. The molecule has 0 aromatic heterocycles. The Morgan fingerprint density at radius 2 is 1.83 bits per heavy atom. The highest BCUT2D eigenvalue weighted by molar-refractivity contribution is 5.66. The van der Waals surface area contributed by atoms with Gasteiger partial charge in [-0.15, -0.1) is 0 Å². The molecule has 0 radical (unpaired) electrons. The van der Waals surface area contributed by atoms with Crippen LogP contribution in [-0.2, 0) is 9.53 Å². The molecule has 12 heavy (non-hydrogen) atoms. The number of fused-ring (bicyclic) bond motifs is 1. The van der Waals surface area contributed by atoms with Crippen molar-refractivity contribution < 1.29 is 9.53 Å². The maximum absolute atomic E-state index is 10.7. The first-order valence-electron chi connectivity index (χ1n) is 4.69. The fraction of sp³-hybridized carbons (Fsp3) is 0.900. The first-order chi connectivity index (χ1) is 5.51. The van der Waals surface area contributed by atoms with Crippen LogP contribution < -0.4 is 0 Å². The minimum absolute atomic E-state index is 0.126. The first kappa shape index (κ1) is 8.09. The smallest absolute Gasteiger partial charge is 0.302 e. The fourth-order valence-corrected chi connectivity index (χ4v) is 2.79. The number of rotatable bonds is 1. The van der Waals surface area contributed by atoms with E-state index in [0.717, 1.165) is 24.7 Å². The van der Waals surface area contributed by atoms with Crippen LogP contribution in [0.3, 0.4) is 0 Å². The maximum Gasteiger partial charge on any atom is 0.302 e. The average molecular weight is 168 g/mol. The molecule has 0 spiro atoms. The Bertz CT molecular complexity index is 206. The first-order valence-corrected chi connectivity index (χ1v) is 4.69. The Morgan fingerprint density at radius 1 is 1.33 bits per heavy atom. The van der Waals surface area contributed by atoms with Crippen molar-refractivity contribution in [2.75, 3.05) is 0 Å². The summed E-state index contributed by atoms with van der Waals surface area (Å²) in [5.41, 5.74) is 0.538. The summed E-state index contributed by atoms with van der Waals surface area (Å²) in [7, 11) is 0. The van der Waals surface area contributed by atoms with Crippen molar-refractivity contribution in [2.45, 2.75) is 39.7 Å². The molecule has 3 atom stereocenters. The van der Waals surface area contributed by atoms with Crippen molar-refractivity contribution in [3.8, 4) is 0 Å².